The zero-order valence-electron chi connectivity index (χ0n) is 19.8. The summed E-state index contributed by atoms with van der Waals surface area (Å²) in [5.74, 6) is -0.237. The summed E-state index contributed by atoms with van der Waals surface area (Å²) in [6.45, 7) is 0.481. The molecule has 5 atom stereocenters. The van der Waals surface area contributed by atoms with Gasteiger partial charge in [0.1, 0.15) is 36.5 Å². The second-order valence-corrected chi connectivity index (χ2v) is 11.4. The number of nitrogen functional groups attached to an aromatic ring is 1. The summed E-state index contributed by atoms with van der Waals surface area (Å²) in [6, 6.07) is 8.88. The van der Waals surface area contributed by atoms with Crippen molar-refractivity contribution in [3.05, 3.63) is 53.1 Å². The van der Waals surface area contributed by atoms with Crippen LogP contribution in [0.15, 0.2) is 47.4 Å². The molecule has 1 aromatic carbocycles. The van der Waals surface area contributed by atoms with Crippen molar-refractivity contribution >= 4 is 41.8 Å². The number of carbonyl (C=O) groups is 1. The van der Waals surface area contributed by atoms with Crippen LogP contribution >= 0.6 is 18.2 Å². The summed E-state index contributed by atoms with van der Waals surface area (Å²) >= 11 is 11.0. The predicted octanol–water partition coefficient (Wildman–Crippen LogP) is 2.31. The number of aliphatic hydroxyl groups excluding tert-OH is 1. The van der Waals surface area contributed by atoms with Crippen molar-refractivity contribution < 1.29 is 32.8 Å². The molecule has 1 aromatic heterocycles. The quantitative estimate of drug-likeness (QED) is 0.176. The lowest BCUT2D eigenvalue weighted by Gasteiger charge is -2.30. The minimum atomic E-state index is -3.50. The van der Waals surface area contributed by atoms with Crippen LogP contribution in [0.3, 0.4) is 0 Å². The lowest BCUT2D eigenvalue weighted by molar-refractivity contribution is -0.149. The molecule has 0 saturated heterocycles. The molecule has 15 heteroatoms. The molecule has 2 rings (SSSR count). The smallest absolute Gasteiger partial charge is 0.351 e. The van der Waals surface area contributed by atoms with Gasteiger partial charge in [-0.2, -0.15) is 4.98 Å². The monoisotopic (exact) mass is 566 g/mol. The Morgan fingerprint density at radius 1 is 1.31 bits per heavy atom. The molecule has 36 heavy (non-hydrogen) atoms. The SMILES string of the molecule is CC(C)OC(=O)C(C)NP(=S)(OCC(OCn1ccc(N)nc1=O)C(O)C(F)Cl)Oc1ccccc1. The summed E-state index contributed by atoms with van der Waals surface area (Å²) in [4.78, 5) is 27.8. The van der Waals surface area contributed by atoms with Gasteiger partial charge in [-0.3, -0.25) is 9.36 Å². The first-order chi connectivity index (χ1) is 16.9. The Morgan fingerprint density at radius 3 is 2.56 bits per heavy atom. The number of ether oxygens (including phenoxy) is 2. The first-order valence-corrected chi connectivity index (χ1v) is 13.9. The van der Waals surface area contributed by atoms with Gasteiger partial charge >= 0.3 is 18.3 Å². The fraction of sp³-hybridized carbons (Fsp3) is 0.476. The maximum atomic E-state index is 13.8. The van der Waals surface area contributed by atoms with E-state index in [1.165, 1.54) is 19.2 Å². The van der Waals surface area contributed by atoms with Crippen molar-refractivity contribution in [3.8, 4) is 5.75 Å². The van der Waals surface area contributed by atoms with E-state index in [1.807, 2.05) is 0 Å². The number of nitrogens with zero attached hydrogens (tertiary/aromatic N) is 2. The number of hydrogen-bond donors (Lipinski definition) is 3. The molecule has 11 nitrogen and oxygen atoms in total. The van der Waals surface area contributed by atoms with Crippen molar-refractivity contribution in [1.82, 2.24) is 14.6 Å². The zero-order chi connectivity index (χ0) is 26.9. The number of alkyl halides is 2. The van der Waals surface area contributed by atoms with Crippen LogP contribution in [0.25, 0.3) is 0 Å². The molecular weight excluding hydrogens is 538 g/mol. The summed E-state index contributed by atoms with van der Waals surface area (Å²) < 4.78 is 37.1. The number of hydrogen-bond acceptors (Lipinski definition) is 10. The molecule has 0 aliphatic rings. The van der Waals surface area contributed by atoms with E-state index in [-0.39, 0.29) is 11.9 Å². The van der Waals surface area contributed by atoms with Gasteiger partial charge in [0.25, 0.3) is 0 Å². The number of halogens is 2. The number of nitrogens with one attached hydrogen (secondary N) is 1. The second-order valence-electron chi connectivity index (χ2n) is 7.80. The van der Waals surface area contributed by atoms with E-state index in [0.29, 0.717) is 5.75 Å². The van der Waals surface area contributed by atoms with Crippen LogP contribution in [0.5, 0.6) is 5.75 Å². The number of carbonyl (C=O) groups excluding carboxylic acids is 1. The van der Waals surface area contributed by atoms with Crippen LogP contribution in [-0.2, 0) is 37.3 Å². The Hall–Kier alpha value is -2.12. The fourth-order valence-electron chi connectivity index (χ4n) is 2.63. The average molecular weight is 567 g/mol. The number of esters is 1. The molecule has 0 radical (unpaired) electrons. The normalized spacial score (nSPS) is 16.5. The molecule has 0 aliphatic carbocycles. The molecule has 2 aromatic rings. The lowest BCUT2D eigenvalue weighted by atomic mass is 10.2. The molecule has 0 fully saturated rings. The third-order valence-corrected chi connectivity index (χ3v) is 7.16. The number of rotatable bonds is 14. The molecule has 5 unspecified atom stereocenters. The number of aliphatic hydroxyl groups is 1. The van der Waals surface area contributed by atoms with E-state index < -0.39 is 55.5 Å². The van der Waals surface area contributed by atoms with Gasteiger partial charge < -0.3 is 29.4 Å². The highest BCUT2D eigenvalue weighted by atomic mass is 35.5. The van der Waals surface area contributed by atoms with E-state index in [2.05, 4.69) is 10.1 Å². The van der Waals surface area contributed by atoms with E-state index in [0.717, 1.165) is 4.57 Å². The van der Waals surface area contributed by atoms with Gasteiger partial charge in [-0.25, -0.2) is 14.3 Å². The topological polar surface area (TPSA) is 147 Å². The highest BCUT2D eigenvalue weighted by Crippen LogP contribution is 2.45. The molecule has 0 bridgehead atoms. The third-order valence-electron chi connectivity index (χ3n) is 4.40. The second kappa shape index (κ2) is 14.0. The predicted molar refractivity (Wildman–Crippen MR) is 136 cm³/mol. The number of benzene rings is 1. The number of anilines is 1. The Bertz CT molecular complexity index is 1100. The zero-order valence-corrected chi connectivity index (χ0v) is 22.3. The Kier molecular flexibility index (Phi) is 11.7. The standard InChI is InChI=1S/C21H29ClFN4O7PS/c1-13(2)33-20(29)14(3)26-35(36,34-15-7-5-4-6-8-15)32-11-16(18(28)19(22)23)31-12-27-10-9-17(24)25-21(27)30/h4-10,13-14,16,18-19,28H,11-12H2,1-3H3,(H,26,36)(H2,24,25,30). The molecule has 4 N–H and O–H groups in total. The number of aromatic nitrogens is 2. The number of nitrogens with two attached hydrogens (primary N) is 1. The summed E-state index contributed by atoms with van der Waals surface area (Å²) in [6.07, 6.45) is -2.29. The Labute approximate surface area is 217 Å². The largest absolute Gasteiger partial charge is 0.462 e. The first-order valence-electron chi connectivity index (χ1n) is 10.8. The van der Waals surface area contributed by atoms with Crippen LogP contribution < -0.4 is 21.0 Å². The molecule has 200 valence electrons. The molecule has 0 amide bonds. The van der Waals surface area contributed by atoms with E-state index >= 15 is 0 Å². The summed E-state index contributed by atoms with van der Waals surface area (Å²) in [5, 5.41) is 13.1. The minimum absolute atomic E-state index is 0.00990. The van der Waals surface area contributed by atoms with Crippen LogP contribution in [0, 0.1) is 0 Å². The highest BCUT2D eigenvalue weighted by Gasteiger charge is 2.33. The minimum Gasteiger partial charge on any atom is -0.462 e. The maximum Gasteiger partial charge on any atom is 0.351 e. The molecule has 0 spiro atoms. The Balaban J connectivity index is 2.21. The van der Waals surface area contributed by atoms with Gasteiger partial charge in [-0.15, -0.1) is 0 Å². The van der Waals surface area contributed by atoms with Gasteiger partial charge in [0.05, 0.1) is 12.7 Å². The van der Waals surface area contributed by atoms with Gasteiger partial charge in [-0.1, -0.05) is 29.8 Å². The number of para-hydroxylation sites is 1. The van der Waals surface area contributed by atoms with Crippen LogP contribution in [0.4, 0.5) is 10.2 Å². The summed E-state index contributed by atoms with van der Waals surface area (Å²) in [7, 11) is 0. The Morgan fingerprint density at radius 2 is 1.97 bits per heavy atom. The van der Waals surface area contributed by atoms with Gasteiger partial charge in [0.2, 0.25) is 5.63 Å². The van der Waals surface area contributed by atoms with Crippen LogP contribution in [-0.4, -0.2) is 57.2 Å². The van der Waals surface area contributed by atoms with Crippen molar-refractivity contribution in [2.75, 3.05) is 12.3 Å². The van der Waals surface area contributed by atoms with Crippen molar-refractivity contribution in [3.63, 3.8) is 0 Å². The average Bonchev–Trinajstić information content (AvgIpc) is 2.79. The van der Waals surface area contributed by atoms with Gasteiger partial charge in [0, 0.05) is 6.20 Å². The van der Waals surface area contributed by atoms with Crippen molar-refractivity contribution in [2.45, 2.75) is 57.5 Å². The third kappa shape index (κ3) is 9.74. The maximum absolute atomic E-state index is 13.8. The van der Waals surface area contributed by atoms with Crippen molar-refractivity contribution in [2.24, 2.45) is 0 Å². The summed E-state index contributed by atoms with van der Waals surface area (Å²) in [5.41, 5.74) is 2.52. The van der Waals surface area contributed by atoms with Crippen LogP contribution in [0.1, 0.15) is 20.8 Å². The first kappa shape index (κ1) is 30.1. The van der Waals surface area contributed by atoms with E-state index in [1.54, 1.807) is 44.2 Å². The van der Waals surface area contributed by atoms with E-state index in [4.69, 9.17) is 47.7 Å². The van der Waals surface area contributed by atoms with Crippen LogP contribution in [0.2, 0.25) is 0 Å². The molecular formula is C21H29ClFN4O7PS. The fourth-order valence-corrected chi connectivity index (χ4v) is 5.21. The lowest BCUT2D eigenvalue weighted by Crippen LogP contribution is -2.41. The molecule has 0 saturated carbocycles. The molecule has 1 heterocycles. The molecule has 0 aliphatic heterocycles. The van der Waals surface area contributed by atoms with Gasteiger partial charge in [-0.05, 0) is 50.8 Å². The van der Waals surface area contributed by atoms with Crippen molar-refractivity contribution in [1.29, 1.82) is 0 Å². The highest BCUT2D eigenvalue weighted by molar-refractivity contribution is 8.09. The van der Waals surface area contributed by atoms with Gasteiger partial charge in [0.15, 0.2) is 0 Å². The van der Waals surface area contributed by atoms with E-state index in [9.17, 15) is 19.1 Å².